The Balaban J connectivity index is 2.21. The smallest absolute Gasteiger partial charge is 0.356 e. The van der Waals surface area contributed by atoms with Gasteiger partial charge in [0.05, 0.1) is 10.2 Å². The molecule has 0 aliphatic carbocycles. The van der Waals surface area contributed by atoms with Crippen molar-refractivity contribution in [3.05, 3.63) is 35.2 Å². The van der Waals surface area contributed by atoms with Gasteiger partial charge in [-0.2, -0.15) is 5.10 Å². The molecule has 0 radical (unpaired) electrons. The monoisotopic (exact) mass is 260 g/mol. The van der Waals surface area contributed by atoms with E-state index in [1.807, 2.05) is 12.3 Å². The maximum absolute atomic E-state index is 10.8. The van der Waals surface area contributed by atoms with Gasteiger partial charge in [-0.3, -0.25) is 0 Å². The average Bonchev–Trinajstić information content (AvgIpc) is 2.97. The molecule has 1 N–H and O–H groups in total. The summed E-state index contributed by atoms with van der Waals surface area (Å²) >= 11 is 1.52. The zero-order chi connectivity index (χ0) is 12.7. The van der Waals surface area contributed by atoms with Crippen molar-refractivity contribution < 1.29 is 9.90 Å². The summed E-state index contributed by atoms with van der Waals surface area (Å²) in [6, 6.07) is 1.44. The lowest BCUT2D eigenvalue weighted by Crippen LogP contribution is -2.03. The van der Waals surface area contributed by atoms with Gasteiger partial charge in [0, 0.05) is 6.20 Å². The van der Waals surface area contributed by atoms with Gasteiger partial charge >= 0.3 is 5.97 Å². The van der Waals surface area contributed by atoms with Crippen LogP contribution < -0.4 is 0 Å². The van der Waals surface area contributed by atoms with Gasteiger partial charge in [0.1, 0.15) is 6.33 Å². The van der Waals surface area contributed by atoms with Crippen LogP contribution in [-0.2, 0) is 0 Å². The van der Waals surface area contributed by atoms with Gasteiger partial charge in [-0.05, 0) is 23.9 Å². The number of fused-ring (bicyclic) bond motifs is 1. The highest BCUT2D eigenvalue weighted by Gasteiger charge is 2.13. The highest BCUT2D eigenvalue weighted by atomic mass is 32.1. The fourth-order valence-corrected chi connectivity index (χ4v) is 2.66. The summed E-state index contributed by atoms with van der Waals surface area (Å²) in [5.41, 5.74) is 1.94. The van der Waals surface area contributed by atoms with E-state index in [2.05, 4.69) is 15.1 Å². The Morgan fingerprint density at radius 3 is 3.00 bits per heavy atom. The number of carboxylic acids is 1. The highest BCUT2D eigenvalue weighted by molar-refractivity contribution is 7.17. The molecule has 3 rings (SSSR count). The van der Waals surface area contributed by atoms with E-state index in [0.29, 0.717) is 5.82 Å². The molecule has 0 saturated heterocycles. The van der Waals surface area contributed by atoms with Crippen molar-refractivity contribution in [2.75, 3.05) is 0 Å². The molecule has 0 aliphatic heterocycles. The van der Waals surface area contributed by atoms with Gasteiger partial charge in [-0.15, -0.1) is 11.3 Å². The maximum Gasteiger partial charge on any atom is 0.356 e. The van der Waals surface area contributed by atoms with Crippen LogP contribution in [0.25, 0.3) is 16.0 Å². The summed E-state index contributed by atoms with van der Waals surface area (Å²) in [5, 5.41) is 14.8. The standard InChI is InChI=1S/C11H8N4O2S/c1-6-4-18-9-8(6)12-5-13-10(9)15-3-2-7(14-15)11(16)17/h2-5H,1H3,(H,16,17). The molecule has 0 aliphatic rings. The minimum absolute atomic E-state index is 0.00459. The van der Waals surface area contributed by atoms with Crippen LogP contribution in [0, 0.1) is 6.92 Å². The quantitative estimate of drug-likeness (QED) is 0.760. The molecule has 0 saturated carbocycles. The minimum atomic E-state index is -1.05. The van der Waals surface area contributed by atoms with Gasteiger partial charge < -0.3 is 5.11 Å². The molecule has 0 spiro atoms. The lowest BCUT2D eigenvalue weighted by Gasteiger charge is -2.00. The topological polar surface area (TPSA) is 80.9 Å². The van der Waals surface area contributed by atoms with Gasteiger partial charge in [-0.25, -0.2) is 19.4 Å². The van der Waals surface area contributed by atoms with Crippen molar-refractivity contribution in [3.8, 4) is 5.82 Å². The molecule has 0 unspecified atom stereocenters. The summed E-state index contributed by atoms with van der Waals surface area (Å²) in [5.74, 6) is -0.452. The van der Waals surface area contributed by atoms with Gasteiger partial charge in [0.15, 0.2) is 11.5 Å². The van der Waals surface area contributed by atoms with Crippen molar-refractivity contribution in [1.29, 1.82) is 0 Å². The molecule has 0 atom stereocenters. The molecule has 3 heterocycles. The molecule has 3 aromatic rings. The van der Waals surface area contributed by atoms with Crippen LogP contribution in [0.15, 0.2) is 24.0 Å². The number of carboxylic acid groups (broad SMARTS) is 1. The third kappa shape index (κ3) is 1.56. The number of thiophene rings is 1. The number of hydrogen-bond acceptors (Lipinski definition) is 5. The molecule has 0 amide bonds. The van der Waals surface area contributed by atoms with Crippen molar-refractivity contribution in [2.24, 2.45) is 0 Å². The van der Waals surface area contributed by atoms with Crippen LogP contribution in [0.4, 0.5) is 0 Å². The second-order valence-corrected chi connectivity index (χ2v) is 4.62. The van der Waals surface area contributed by atoms with Crippen molar-refractivity contribution in [2.45, 2.75) is 6.92 Å². The Morgan fingerprint density at radius 1 is 1.44 bits per heavy atom. The third-order valence-corrected chi connectivity index (χ3v) is 3.62. The van der Waals surface area contributed by atoms with Gasteiger partial charge in [0.2, 0.25) is 0 Å². The Bertz CT molecular complexity index is 746. The van der Waals surface area contributed by atoms with Crippen LogP contribution in [-0.4, -0.2) is 30.8 Å². The molecule has 18 heavy (non-hydrogen) atoms. The van der Waals surface area contributed by atoms with Crippen molar-refractivity contribution in [1.82, 2.24) is 19.7 Å². The predicted octanol–water partition coefficient (Wildman–Crippen LogP) is 1.88. The number of nitrogens with zero attached hydrogens (tertiary/aromatic N) is 4. The molecular weight excluding hydrogens is 252 g/mol. The van der Waals surface area contributed by atoms with Crippen LogP contribution in [0.1, 0.15) is 16.1 Å². The van der Waals surface area contributed by atoms with E-state index < -0.39 is 5.97 Å². The first kappa shape index (κ1) is 10.8. The Labute approximate surface area is 106 Å². The van der Waals surface area contributed by atoms with Crippen molar-refractivity contribution >= 4 is 27.5 Å². The van der Waals surface area contributed by atoms with Crippen molar-refractivity contribution in [3.63, 3.8) is 0 Å². The SMILES string of the molecule is Cc1csc2c(-n3ccc(C(=O)O)n3)ncnc12. The first-order valence-electron chi connectivity index (χ1n) is 5.15. The van der Waals surface area contributed by atoms with E-state index in [1.54, 1.807) is 6.20 Å². The molecule has 0 aromatic carbocycles. The fourth-order valence-electron chi connectivity index (χ4n) is 1.68. The first-order valence-corrected chi connectivity index (χ1v) is 6.03. The molecule has 6 nitrogen and oxygen atoms in total. The third-order valence-electron chi connectivity index (χ3n) is 2.54. The lowest BCUT2D eigenvalue weighted by atomic mass is 10.3. The number of aryl methyl sites for hydroxylation is 1. The molecular formula is C11H8N4O2S. The van der Waals surface area contributed by atoms with E-state index >= 15 is 0 Å². The zero-order valence-electron chi connectivity index (χ0n) is 9.36. The van der Waals surface area contributed by atoms with Crippen LogP contribution >= 0.6 is 11.3 Å². The first-order chi connectivity index (χ1) is 8.66. The summed E-state index contributed by atoms with van der Waals surface area (Å²) in [7, 11) is 0. The fraction of sp³-hybridized carbons (Fsp3) is 0.0909. The highest BCUT2D eigenvalue weighted by Crippen LogP contribution is 2.27. The Kier molecular flexibility index (Phi) is 2.34. The number of hydrogen-bond donors (Lipinski definition) is 1. The molecule has 90 valence electrons. The Hall–Kier alpha value is -2.28. The largest absolute Gasteiger partial charge is 0.476 e. The Morgan fingerprint density at radius 2 is 2.28 bits per heavy atom. The van der Waals surface area contributed by atoms with E-state index in [0.717, 1.165) is 15.8 Å². The predicted molar refractivity (Wildman–Crippen MR) is 66.2 cm³/mol. The second kappa shape index (κ2) is 3.88. The molecule has 0 bridgehead atoms. The maximum atomic E-state index is 10.8. The van der Waals surface area contributed by atoms with Crippen LogP contribution in [0.2, 0.25) is 0 Å². The van der Waals surface area contributed by atoms with Crippen LogP contribution in [0.3, 0.4) is 0 Å². The second-order valence-electron chi connectivity index (χ2n) is 3.74. The molecule has 0 fully saturated rings. The molecule has 3 aromatic heterocycles. The number of rotatable bonds is 2. The number of carbonyl (C=O) groups is 1. The summed E-state index contributed by atoms with van der Waals surface area (Å²) in [6.45, 7) is 1.97. The lowest BCUT2D eigenvalue weighted by molar-refractivity contribution is 0.0690. The average molecular weight is 260 g/mol. The van der Waals surface area contributed by atoms with Gasteiger partial charge in [-0.1, -0.05) is 0 Å². The summed E-state index contributed by atoms with van der Waals surface area (Å²) in [4.78, 5) is 19.2. The number of aromatic nitrogens is 4. The normalized spacial score (nSPS) is 10.9. The number of aromatic carboxylic acids is 1. The van der Waals surface area contributed by atoms with Crippen LogP contribution in [0.5, 0.6) is 0 Å². The van der Waals surface area contributed by atoms with E-state index in [1.165, 1.54) is 28.4 Å². The summed E-state index contributed by atoms with van der Waals surface area (Å²) < 4.78 is 2.36. The van der Waals surface area contributed by atoms with Gasteiger partial charge in [0.25, 0.3) is 0 Å². The van der Waals surface area contributed by atoms with E-state index in [-0.39, 0.29) is 5.69 Å². The summed E-state index contributed by atoms with van der Waals surface area (Å²) in [6.07, 6.45) is 3.04. The minimum Gasteiger partial charge on any atom is -0.476 e. The van der Waals surface area contributed by atoms with E-state index in [9.17, 15) is 4.79 Å². The van der Waals surface area contributed by atoms with E-state index in [4.69, 9.17) is 5.11 Å². The zero-order valence-corrected chi connectivity index (χ0v) is 10.2. The molecule has 7 heteroatoms.